The summed E-state index contributed by atoms with van der Waals surface area (Å²) < 4.78 is 5.63. The van der Waals surface area contributed by atoms with E-state index in [1.54, 1.807) is 6.26 Å². The average molecular weight is 331 g/mol. The zero-order chi connectivity index (χ0) is 17.2. The molecular formula is C19H17N5O. The number of nitrogens with zero attached hydrogens (tertiary/aromatic N) is 5. The molecule has 6 heteroatoms. The molecule has 4 rings (SSSR count). The van der Waals surface area contributed by atoms with E-state index in [4.69, 9.17) is 4.42 Å². The Morgan fingerprint density at radius 2 is 1.88 bits per heavy atom. The van der Waals surface area contributed by atoms with Gasteiger partial charge >= 0.3 is 0 Å². The van der Waals surface area contributed by atoms with Crippen LogP contribution in [0.15, 0.2) is 59.2 Å². The van der Waals surface area contributed by atoms with Gasteiger partial charge in [-0.3, -0.25) is 0 Å². The summed E-state index contributed by atoms with van der Waals surface area (Å²) >= 11 is 0. The van der Waals surface area contributed by atoms with E-state index in [0.717, 1.165) is 22.4 Å². The van der Waals surface area contributed by atoms with E-state index in [2.05, 4.69) is 46.4 Å². The lowest BCUT2D eigenvalue weighted by Gasteiger charge is -2.02. The van der Waals surface area contributed by atoms with Crippen LogP contribution in [-0.2, 0) is 6.54 Å². The molecule has 0 atom stereocenters. The van der Waals surface area contributed by atoms with E-state index in [-0.39, 0.29) is 0 Å². The number of rotatable bonds is 4. The molecule has 4 aromatic rings. The minimum absolute atomic E-state index is 0.411. The highest BCUT2D eigenvalue weighted by Crippen LogP contribution is 2.23. The summed E-state index contributed by atoms with van der Waals surface area (Å²) in [6, 6.07) is 16.0. The third-order valence-electron chi connectivity index (χ3n) is 3.95. The molecule has 6 nitrogen and oxygen atoms in total. The minimum Gasteiger partial charge on any atom is -0.444 e. The van der Waals surface area contributed by atoms with Gasteiger partial charge in [0.2, 0.25) is 11.7 Å². The molecule has 0 fully saturated rings. The van der Waals surface area contributed by atoms with Gasteiger partial charge in [-0.05, 0) is 30.7 Å². The number of hydrogen-bond donors (Lipinski definition) is 0. The van der Waals surface area contributed by atoms with Gasteiger partial charge < -0.3 is 4.42 Å². The highest BCUT2D eigenvalue weighted by atomic mass is 16.3. The summed E-state index contributed by atoms with van der Waals surface area (Å²) in [7, 11) is 0. The van der Waals surface area contributed by atoms with Crippen LogP contribution in [0.2, 0.25) is 0 Å². The lowest BCUT2D eigenvalue weighted by Crippen LogP contribution is -2.04. The third kappa shape index (κ3) is 3.19. The maximum absolute atomic E-state index is 5.63. The highest BCUT2D eigenvalue weighted by Gasteiger charge is 2.12. The van der Waals surface area contributed by atoms with Crippen molar-refractivity contribution >= 4 is 0 Å². The van der Waals surface area contributed by atoms with E-state index < -0.39 is 0 Å². The Balaban J connectivity index is 1.55. The van der Waals surface area contributed by atoms with Crippen molar-refractivity contribution in [1.82, 2.24) is 25.2 Å². The Morgan fingerprint density at radius 1 is 1.04 bits per heavy atom. The van der Waals surface area contributed by atoms with Crippen LogP contribution in [0.5, 0.6) is 0 Å². The predicted molar refractivity (Wildman–Crippen MR) is 93.8 cm³/mol. The topological polar surface area (TPSA) is 69.6 Å². The van der Waals surface area contributed by atoms with Crippen molar-refractivity contribution in [3.8, 4) is 22.8 Å². The second kappa shape index (κ2) is 6.32. The number of oxazole rings is 1. The molecule has 25 heavy (non-hydrogen) atoms. The molecule has 0 N–H and O–H groups in total. The van der Waals surface area contributed by atoms with Gasteiger partial charge in [0.15, 0.2) is 0 Å². The lowest BCUT2D eigenvalue weighted by atomic mass is 10.1. The molecule has 0 aliphatic heterocycles. The van der Waals surface area contributed by atoms with E-state index in [1.807, 2.05) is 36.4 Å². The van der Waals surface area contributed by atoms with Crippen molar-refractivity contribution < 1.29 is 4.42 Å². The Morgan fingerprint density at radius 3 is 2.68 bits per heavy atom. The van der Waals surface area contributed by atoms with Gasteiger partial charge in [0.05, 0.1) is 0 Å². The monoisotopic (exact) mass is 331 g/mol. The molecule has 0 amide bonds. The van der Waals surface area contributed by atoms with Crippen LogP contribution in [0.1, 0.15) is 16.8 Å². The maximum atomic E-state index is 5.63. The van der Waals surface area contributed by atoms with Crippen molar-refractivity contribution in [2.75, 3.05) is 0 Å². The zero-order valence-electron chi connectivity index (χ0n) is 14.0. The lowest BCUT2D eigenvalue weighted by molar-refractivity contribution is 0.550. The first-order valence-corrected chi connectivity index (χ1v) is 8.04. The van der Waals surface area contributed by atoms with Crippen LogP contribution in [0.25, 0.3) is 22.8 Å². The van der Waals surface area contributed by atoms with Crippen molar-refractivity contribution in [1.29, 1.82) is 0 Å². The molecule has 2 aromatic carbocycles. The second-order valence-electron chi connectivity index (χ2n) is 5.97. The van der Waals surface area contributed by atoms with Crippen LogP contribution < -0.4 is 0 Å². The van der Waals surface area contributed by atoms with E-state index in [0.29, 0.717) is 18.3 Å². The Bertz CT molecular complexity index is 1000. The largest absolute Gasteiger partial charge is 0.444 e. The van der Waals surface area contributed by atoms with E-state index >= 15 is 0 Å². The van der Waals surface area contributed by atoms with Crippen LogP contribution in [0.4, 0.5) is 0 Å². The van der Waals surface area contributed by atoms with Gasteiger partial charge in [0.25, 0.3) is 0 Å². The van der Waals surface area contributed by atoms with Gasteiger partial charge in [-0.1, -0.05) is 48.0 Å². The Kier molecular flexibility index (Phi) is 3.85. The van der Waals surface area contributed by atoms with Crippen LogP contribution in [-0.4, -0.2) is 25.2 Å². The fourth-order valence-electron chi connectivity index (χ4n) is 2.71. The predicted octanol–water partition coefficient (Wildman–Crippen LogP) is 3.66. The van der Waals surface area contributed by atoms with Crippen molar-refractivity contribution in [2.45, 2.75) is 20.4 Å². The first-order chi connectivity index (χ1) is 12.2. The molecule has 0 saturated heterocycles. The quantitative estimate of drug-likeness (QED) is 0.571. The number of aryl methyl sites for hydroxylation is 2. The summed E-state index contributed by atoms with van der Waals surface area (Å²) in [4.78, 5) is 6.07. The molecule has 0 aliphatic rings. The van der Waals surface area contributed by atoms with Gasteiger partial charge in [0, 0.05) is 11.1 Å². The third-order valence-corrected chi connectivity index (χ3v) is 3.95. The minimum atomic E-state index is 0.411. The number of tetrazole rings is 1. The summed E-state index contributed by atoms with van der Waals surface area (Å²) in [5, 5.41) is 12.6. The molecule has 0 saturated carbocycles. The number of aromatic nitrogens is 5. The first kappa shape index (κ1) is 15.3. The molecule has 124 valence electrons. The second-order valence-corrected chi connectivity index (χ2v) is 5.97. The smallest absolute Gasteiger partial charge is 0.226 e. The number of hydrogen-bond acceptors (Lipinski definition) is 5. The zero-order valence-corrected chi connectivity index (χ0v) is 14.0. The normalized spacial score (nSPS) is 11.0. The van der Waals surface area contributed by atoms with E-state index in [9.17, 15) is 0 Å². The molecular weight excluding hydrogens is 314 g/mol. The van der Waals surface area contributed by atoms with Gasteiger partial charge in [-0.2, -0.15) is 4.80 Å². The maximum Gasteiger partial charge on any atom is 0.226 e. The summed E-state index contributed by atoms with van der Waals surface area (Å²) in [6.45, 7) is 4.53. The molecule has 0 spiro atoms. The fourth-order valence-corrected chi connectivity index (χ4v) is 2.71. The molecule has 0 radical (unpaired) electrons. The van der Waals surface area contributed by atoms with Gasteiger partial charge in [0.1, 0.15) is 18.5 Å². The van der Waals surface area contributed by atoms with Crippen LogP contribution in [0, 0.1) is 13.8 Å². The molecule has 2 heterocycles. The van der Waals surface area contributed by atoms with Crippen molar-refractivity contribution in [2.24, 2.45) is 0 Å². The molecule has 0 aliphatic carbocycles. The number of benzene rings is 2. The van der Waals surface area contributed by atoms with Gasteiger partial charge in [-0.15, -0.1) is 10.2 Å². The van der Waals surface area contributed by atoms with E-state index in [1.165, 1.54) is 10.4 Å². The van der Waals surface area contributed by atoms with Crippen LogP contribution in [0.3, 0.4) is 0 Å². The summed E-state index contributed by atoms with van der Waals surface area (Å²) in [5.41, 5.74) is 5.04. The fraction of sp³-hybridized carbons (Fsp3) is 0.158. The van der Waals surface area contributed by atoms with Gasteiger partial charge in [-0.25, -0.2) is 4.98 Å². The molecule has 0 unspecified atom stereocenters. The molecule has 2 aromatic heterocycles. The SMILES string of the molecule is Cc1ccc(-c2nc(Cn3nnc(-c4ccccc4)n3)co2)c(C)c1. The van der Waals surface area contributed by atoms with Crippen molar-refractivity contribution in [3.05, 3.63) is 71.6 Å². The van der Waals surface area contributed by atoms with Crippen molar-refractivity contribution in [3.63, 3.8) is 0 Å². The molecule has 0 bridgehead atoms. The van der Waals surface area contributed by atoms with Crippen LogP contribution >= 0.6 is 0 Å². The summed E-state index contributed by atoms with van der Waals surface area (Å²) in [6.07, 6.45) is 1.64. The standard InChI is InChI=1S/C19H17N5O/c1-13-8-9-17(14(2)10-13)19-20-16(12-25-19)11-24-22-18(21-23-24)15-6-4-3-5-7-15/h3-10,12H,11H2,1-2H3. The summed E-state index contributed by atoms with van der Waals surface area (Å²) in [5.74, 6) is 1.20. The highest BCUT2D eigenvalue weighted by molar-refractivity contribution is 5.59. The first-order valence-electron chi connectivity index (χ1n) is 8.04. The Labute approximate surface area is 145 Å². The average Bonchev–Trinajstić information content (AvgIpc) is 3.26. The Hall–Kier alpha value is -3.28.